The molecule has 126 valence electrons. The Morgan fingerprint density at radius 1 is 0.750 bits per heavy atom. The summed E-state index contributed by atoms with van der Waals surface area (Å²) in [6.07, 6.45) is 0. The molecule has 1 heterocycles. The van der Waals surface area contributed by atoms with E-state index in [4.69, 9.17) is 9.31 Å². The average Bonchev–Trinajstić information content (AvgIpc) is 2.76. The van der Waals surface area contributed by atoms with E-state index >= 15 is 0 Å². The average molecular weight is 330 g/mol. The molecule has 3 rings (SSSR count). The van der Waals surface area contributed by atoms with E-state index in [0.29, 0.717) is 0 Å². The van der Waals surface area contributed by atoms with Crippen molar-refractivity contribution >= 4 is 12.6 Å². The fraction of sp³-hybridized carbons (Fsp3) is 0.368. The molecule has 2 nitrogen and oxygen atoms in total. The summed E-state index contributed by atoms with van der Waals surface area (Å²) in [5, 5.41) is 0. The van der Waals surface area contributed by atoms with Crippen LogP contribution in [-0.4, -0.2) is 18.3 Å². The first-order chi connectivity index (χ1) is 11.1. The van der Waals surface area contributed by atoms with Gasteiger partial charge in [-0.2, -0.15) is 8.78 Å². The number of alkyl halides is 2. The zero-order chi connectivity index (χ0) is 17.6. The van der Waals surface area contributed by atoms with E-state index in [9.17, 15) is 8.78 Å². The minimum Gasteiger partial charge on any atom is -0.399 e. The predicted molar refractivity (Wildman–Crippen MR) is 91.6 cm³/mol. The van der Waals surface area contributed by atoms with E-state index in [1.807, 2.05) is 27.7 Å². The third kappa shape index (κ3) is 2.87. The van der Waals surface area contributed by atoms with Crippen LogP contribution in [0.2, 0.25) is 0 Å². The van der Waals surface area contributed by atoms with Crippen LogP contribution in [0.15, 0.2) is 54.6 Å². The highest BCUT2D eigenvalue weighted by atomic mass is 19.3. The summed E-state index contributed by atoms with van der Waals surface area (Å²) in [7, 11) is -0.547. The molecule has 0 radical (unpaired) electrons. The maximum atomic E-state index is 14.6. The normalized spacial score (nSPS) is 19.5. The molecule has 2 aromatic rings. The van der Waals surface area contributed by atoms with Gasteiger partial charge in [0.1, 0.15) is 0 Å². The summed E-state index contributed by atoms with van der Waals surface area (Å²) < 4.78 is 41.1. The highest BCUT2D eigenvalue weighted by Crippen LogP contribution is 2.37. The van der Waals surface area contributed by atoms with Crippen LogP contribution in [0.4, 0.5) is 8.78 Å². The maximum absolute atomic E-state index is 14.6. The molecular formula is C19H21BF2O2. The van der Waals surface area contributed by atoms with Gasteiger partial charge in [-0.25, -0.2) is 0 Å². The van der Waals surface area contributed by atoms with E-state index in [1.54, 1.807) is 30.3 Å². The predicted octanol–water partition coefficient (Wildman–Crippen LogP) is 4.13. The molecule has 0 saturated carbocycles. The molecule has 0 spiro atoms. The zero-order valence-electron chi connectivity index (χ0n) is 14.3. The quantitative estimate of drug-likeness (QED) is 0.788. The monoisotopic (exact) mass is 330 g/mol. The van der Waals surface area contributed by atoms with Crippen molar-refractivity contribution in [3.05, 3.63) is 65.7 Å². The third-order valence-corrected chi connectivity index (χ3v) is 4.93. The van der Waals surface area contributed by atoms with Crippen molar-refractivity contribution in [1.29, 1.82) is 0 Å². The fourth-order valence-corrected chi connectivity index (χ4v) is 2.64. The number of halogens is 2. The molecule has 1 fully saturated rings. The summed E-state index contributed by atoms with van der Waals surface area (Å²) in [6, 6.07) is 14.0. The lowest BCUT2D eigenvalue weighted by atomic mass is 9.78. The standard InChI is InChI=1S/C19H21BF2O2/c1-17(2)18(3,4)24-20(23-17)16-12-10-15(11-13-16)19(21,22)14-8-6-5-7-9-14/h5-13H,1-4H3. The molecule has 0 aliphatic carbocycles. The molecule has 1 aliphatic rings. The van der Waals surface area contributed by atoms with Gasteiger partial charge in [-0.3, -0.25) is 0 Å². The Morgan fingerprint density at radius 2 is 1.21 bits per heavy atom. The third-order valence-electron chi connectivity index (χ3n) is 4.93. The molecule has 0 aromatic heterocycles. The minimum atomic E-state index is -3.03. The Balaban J connectivity index is 1.85. The first-order valence-corrected chi connectivity index (χ1v) is 8.03. The van der Waals surface area contributed by atoms with Crippen molar-refractivity contribution in [2.45, 2.75) is 44.8 Å². The summed E-state index contributed by atoms with van der Waals surface area (Å²) in [4.78, 5) is 0. The number of hydrogen-bond acceptors (Lipinski definition) is 2. The Bertz CT molecular complexity index is 696. The van der Waals surface area contributed by atoms with Gasteiger partial charge in [-0.1, -0.05) is 54.6 Å². The van der Waals surface area contributed by atoms with Crippen molar-refractivity contribution in [2.75, 3.05) is 0 Å². The van der Waals surface area contributed by atoms with Gasteiger partial charge in [0.15, 0.2) is 0 Å². The van der Waals surface area contributed by atoms with Crippen molar-refractivity contribution in [3.63, 3.8) is 0 Å². The Morgan fingerprint density at radius 3 is 1.71 bits per heavy atom. The smallest absolute Gasteiger partial charge is 0.399 e. The highest BCUT2D eigenvalue weighted by molar-refractivity contribution is 6.62. The molecule has 2 aromatic carbocycles. The van der Waals surface area contributed by atoms with Gasteiger partial charge < -0.3 is 9.31 Å². The van der Waals surface area contributed by atoms with E-state index in [0.717, 1.165) is 5.46 Å². The largest absolute Gasteiger partial charge is 0.494 e. The SMILES string of the molecule is CC1(C)OB(c2ccc(C(F)(F)c3ccccc3)cc2)OC1(C)C. The van der Waals surface area contributed by atoms with Crippen LogP contribution in [0, 0.1) is 0 Å². The van der Waals surface area contributed by atoms with Gasteiger partial charge in [0.05, 0.1) is 11.2 Å². The van der Waals surface area contributed by atoms with Gasteiger partial charge in [0, 0.05) is 11.1 Å². The van der Waals surface area contributed by atoms with Gasteiger partial charge in [0.2, 0.25) is 0 Å². The first kappa shape index (κ1) is 17.1. The van der Waals surface area contributed by atoms with E-state index < -0.39 is 24.2 Å². The number of benzene rings is 2. The first-order valence-electron chi connectivity index (χ1n) is 8.03. The lowest BCUT2D eigenvalue weighted by Gasteiger charge is -2.32. The minimum absolute atomic E-state index is 0.0200. The summed E-state index contributed by atoms with van der Waals surface area (Å²) >= 11 is 0. The molecular weight excluding hydrogens is 309 g/mol. The molecule has 0 amide bonds. The van der Waals surface area contributed by atoms with Crippen LogP contribution >= 0.6 is 0 Å². The van der Waals surface area contributed by atoms with Crippen LogP contribution in [0.5, 0.6) is 0 Å². The van der Waals surface area contributed by atoms with Gasteiger partial charge in [0.25, 0.3) is 5.92 Å². The molecule has 0 bridgehead atoms. The fourth-order valence-electron chi connectivity index (χ4n) is 2.64. The second-order valence-corrected chi connectivity index (χ2v) is 7.15. The lowest BCUT2D eigenvalue weighted by Crippen LogP contribution is -2.41. The molecule has 1 aliphatic heterocycles. The molecule has 0 N–H and O–H groups in total. The van der Waals surface area contributed by atoms with E-state index in [-0.39, 0.29) is 11.1 Å². The molecule has 24 heavy (non-hydrogen) atoms. The van der Waals surface area contributed by atoms with Gasteiger partial charge >= 0.3 is 7.12 Å². The zero-order valence-corrected chi connectivity index (χ0v) is 14.3. The number of hydrogen-bond donors (Lipinski definition) is 0. The Hall–Kier alpha value is -1.72. The summed E-state index contributed by atoms with van der Waals surface area (Å²) in [6.45, 7) is 7.85. The van der Waals surface area contributed by atoms with E-state index in [1.165, 1.54) is 24.3 Å². The highest BCUT2D eigenvalue weighted by Gasteiger charge is 2.51. The Labute approximate surface area is 141 Å². The van der Waals surface area contributed by atoms with Crippen LogP contribution in [-0.2, 0) is 15.2 Å². The van der Waals surface area contributed by atoms with Crippen molar-refractivity contribution in [1.82, 2.24) is 0 Å². The molecule has 5 heteroatoms. The second kappa shape index (κ2) is 5.68. The van der Waals surface area contributed by atoms with Crippen LogP contribution in [0.3, 0.4) is 0 Å². The summed E-state index contributed by atoms with van der Waals surface area (Å²) in [5.74, 6) is -3.03. The Kier molecular flexibility index (Phi) is 4.05. The van der Waals surface area contributed by atoms with Gasteiger partial charge in [-0.05, 0) is 33.2 Å². The maximum Gasteiger partial charge on any atom is 0.494 e. The van der Waals surface area contributed by atoms with E-state index in [2.05, 4.69) is 0 Å². The molecule has 1 saturated heterocycles. The topological polar surface area (TPSA) is 18.5 Å². The second-order valence-electron chi connectivity index (χ2n) is 7.15. The molecule has 0 atom stereocenters. The molecule has 0 unspecified atom stereocenters. The van der Waals surface area contributed by atoms with Crippen molar-refractivity contribution < 1.29 is 18.1 Å². The van der Waals surface area contributed by atoms with Crippen LogP contribution in [0.25, 0.3) is 0 Å². The van der Waals surface area contributed by atoms with Crippen molar-refractivity contribution in [3.8, 4) is 0 Å². The van der Waals surface area contributed by atoms with Crippen LogP contribution < -0.4 is 5.46 Å². The van der Waals surface area contributed by atoms with Crippen LogP contribution in [0.1, 0.15) is 38.8 Å². The van der Waals surface area contributed by atoms with Crippen molar-refractivity contribution in [2.24, 2.45) is 0 Å². The summed E-state index contributed by atoms with van der Waals surface area (Å²) in [5.41, 5.74) is -0.238. The number of rotatable bonds is 3. The lowest BCUT2D eigenvalue weighted by molar-refractivity contribution is 0.00578. The van der Waals surface area contributed by atoms with Gasteiger partial charge in [-0.15, -0.1) is 0 Å².